The molecule has 0 radical (unpaired) electrons. The van der Waals surface area contributed by atoms with E-state index in [1.807, 2.05) is 54.6 Å². The van der Waals surface area contributed by atoms with Gasteiger partial charge in [-0.2, -0.15) is 10.2 Å². The van der Waals surface area contributed by atoms with Gasteiger partial charge in [-0.25, -0.2) is 0 Å². The summed E-state index contributed by atoms with van der Waals surface area (Å²) in [6, 6.07) is 22.2. The molecular formula is C27H22N2O4. The van der Waals surface area contributed by atoms with Crippen LogP contribution in [0.15, 0.2) is 100 Å². The van der Waals surface area contributed by atoms with Crippen LogP contribution in [-0.4, -0.2) is 25.1 Å². The van der Waals surface area contributed by atoms with Crippen LogP contribution in [0.25, 0.3) is 5.76 Å². The van der Waals surface area contributed by atoms with Crippen molar-refractivity contribution in [2.45, 2.75) is 12.0 Å². The average molecular weight is 438 g/mol. The number of benzene rings is 3. The molecule has 1 aliphatic carbocycles. The molecule has 0 amide bonds. The Labute approximate surface area is 191 Å². The highest BCUT2D eigenvalue weighted by Gasteiger charge is 2.36. The van der Waals surface area contributed by atoms with Crippen molar-refractivity contribution in [3.63, 3.8) is 0 Å². The van der Waals surface area contributed by atoms with Crippen molar-refractivity contribution in [1.29, 1.82) is 0 Å². The fraction of sp³-hybridized carbons (Fsp3) is 0.148. The molecule has 0 spiro atoms. The summed E-state index contributed by atoms with van der Waals surface area (Å²) in [7, 11) is 3.19. The quantitative estimate of drug-likeness (QED) is 0.526. The van der Waals surface area contributed by atoms with Gasteiger partial charge in [0, 0.05) is 22.6 Å². The van der Waals surface area contributed by atoms with Gasteiger partial charge in [0.05, 0.1) is 25.5 Å². The van der Waals surface area contributed by atoms with Crippen LogP contribution in [0.2, 0.25) is 0 Å². The van der Waals surface area contributed by atoms with E-state index in [4.69, 9.17) is 9.47 Å². The molecule has 0 aromatic heterocycles. The molecule has 1 aliphatic heterocycles. The first-order valence-corrected chi connectivity index (χ1v) is 10.6. The number of carbonyl (C=O) groups is 1. The van der Waals surface area contributed by atoms with Gasteiger partial charge in [-0.1, -0.05) is 66.7 Å². The molecule has 1 N–H and O–H groups in total. The van der Waals surface area contributed by atoms with Gasteiger partial charge in [0.1, 0.15) is 11.8 Å². The number of carbonyl (C=O) groups excluding carboxylic acids is 1. The second-order valence-corrected chi connectivity index (χ2v) is 7.83. The van der Waals surface area contributed by atoms with Crippen LogP contribution in [0, 0.1) is 0 Å². The largest absolute Gasteiger partial charge is 0.506 e. The second-order valence-electron chi connectivity index (χ2n) is 7.83. The normalized spacial score (nSPS) is 19.3. The first-order valence-electron chi connectivity index (χ1n) is 10.6. The van der Waals surface area contributed by atoms with Crippen molar-refractivity contribution in [3.05, 3.63) is 112 Å². The number of rotatable bonds is 5. The maximum Gasteiger partial charge on any atom is 0.199 e. The van der Waals surface area contributed by atoms with Crippen molar-refractivity contribution in [3.8, 4) is 11.5 Å². The number of hydrogen-bond acceptors (Lipinski definition) is 6. The fourth-order valence-corrected chi connectivity index (χ4v) is 4.48. The molecule has 0 unspecified atom stereocenters. The molecule has 2 aliphatic rings. The minimum atomic E-state index is -0.400. The Morgan fingerprint density at radius 3 is 2.27 bits per heavy atom. The van der Waals surface area contributed by atoms with Crippen LogP contribution < -0.4 is 9.47 Å². The highest BCUT2D eigenvalue weighted by atomic mass is 16.5. The number of aliphatic hydroxyl groups is 1. The number of azo groups is 1. The monoisotopic (exact) mass is 438 g/mol. The molecule has 2 atom stereocenters. The first-order chi connectivity index (χ1) is 16.1. The zero-order chi connectivity index (χ0) is 22.9. The van der Waals surface area contributed by atoms with Gasteiger partial charge in [0.15, 0.2) is 17.3 Å². The molecule has 0 fully saturated rings. The molecule has 3 aromatic carbocycles. The Morgan fingerprint density at radius 2 is 1.58 bits per heavy atom. The number of aliphatic hydroxyl groups excluding tert-OH is 1. The molecule has 3 aromatic rings. The van der Waals surface area contributed by atoms with Gasteiger partial charge < -0.3 is 14.6 Å². The van der Waals surface area contributed by atoms with Gasteiger partial charge in [0.2, 0.25) is 0 Å². The molecule has 6 nitrogen and oxygen atoms in total. The summed E-state index contributed by atoms with van der Waals surface area (Å²) >= 11 is 0. The minimum absolute atomic E-state index is 0.0648. The lowest BCUT2D eigenvalue weighted by Gasteiger charge is -2.27. The summed E-state index contributed by atoms with van der Waals surface area (Å²) in [5.74, 6) is 0.640. The maximum absolute atomic E-state index is 13.1. The summed E-state index contributed by atoms with van der Waals surface area (Å²) in [6.45, 7) is 0. The summed E-state index contributed by atoms with van der Waals surface area (Å²) in [5, 5.41) is 19.9. The number of Topliss-reactive ketones (excluding diaryl/α,β-unsaturated/α-hetero) is 1. The number of ketones is 1. The van der Waals surface area contributed by atoms with Crippen molar-refractivity contribution < 1.29 is 19.4 Å². The van der Waals surface area contributed by atoms with Gasteiger partial charge in [-0.15, -0.1) is 0 Å². The standard InChI is InChI=1S/C27H22N2O4/c1-32-22-14-8-13-19(27(22)33-2)24-20(16-9-4-3-5-10-16)15-21(28-29-24)23-25(30)17-11-6-7-12-18(17)26(23)31/h3-15,20,24,30H,1-2H3/t20-,24+/m0/s1. The molecule has 1 heterocycles. The molecule has 0 saturated heterocycles. The van der Waals surface area contributed by atoms with Crippen LogP contribution in [0.3, 0.4) is 0 Å². The van der Waals surface area contributed by atoms with Crippen molar-refractivity contribution in [2.75, 3.05) is 14.2 Å². The lowest BCUT2D eigenvalue weighted by atomic mass is 9.84. The molecule has 5 rings (SSSR count). The third kappa shape index (κ3) is 3.40. The molecule has 0 saturated carbocycles. The van der Waals surface area contributed by atoms with Gasteiger partial charge in [-0.3, -0.25) is 4.79 Å². The third-order valence-corrected chi connectivity index (χ3v) is 6.05. The van der Waals surface area contributed by atoms with E-state index in [-0.39, 0.29) is 23.0 Å². The Bertz CT molecular complexity index is 1320. The van der Waals surface area contributed by atoms with E-state index in [1.165, 1.54) is 0 Å². The molecule has 6 heteroatoms. The maximum atomic E-state index is 13.1. The predicted molar refractivity (Wildman–Crippen MR) is 125 cm³/mol. The van der Waals surface area contributed by atoms with Crippen LogP contribution in [-0.2, 0) is 0 Å². The predicted octanol–water partition coefficient (Wildman–Crippen LogP) is 6.04. The lowest BCUT2D eigenvalue weighted by molar-refractivity contribution is 0.103. The van der Waals surface area contributed by atoms with Crippen molar-refractivity contribution >= 4 is 11.5 Å². The van der Waals surface area contributed by atoms with Crippen LogP contribution in [0.1, 0.15) is 39.0 Å². The number of methoxy groups -OCH3 is 2. The van der Waals surface area contributed by atoms with Crippen molar-refractivity contribution in [2.24, 2.45) is 10.2 Å². The fourth-order valence-electron chi connectivity index (χ4n) is 4.48. The summed E-state index contributed by atoms with van der Waals surface area (Å²) in [5.41, 5.74) is 3.35. The number of allylic oxidation sites excluding steroid dienone is 1. The van der Waals surface area contributed by atoms with E-state index < -0.39 is 6.04 Å². The Balaban J connectivity index is 1.63. The lowest BCUT2D eigenvalue weighted by Crippen LogP contribution is -2.14. The zero-order valence-electron chi connectivity index (χ0n) is 18.2. The summed E-state index contributed by atoms with van der Waals surface area (Å²) in [6.07, 6.45) is 1.90. The van der Waals surface area contributed by atoms with E-state index >= 15 is 0 Å². The van der Waals surface area contributed by atoms with Gasteiger partial charge >= 0.3 is 0 Å². The number of ether oxygens (including phenoxy) is 2. The number of para-hydroxylation sites is 1. The second kappa shape index (κ2) is 8.39. The van der Waals surface area contributed by atoms with Gasteiger partial charge in [-0.05, 0) is 17.7 Å². The van der Waals surface area contributed by atoms with Crippen LogP contribution in [0.4, 0.5) is 0 Å². The van der Waals surface area contributed by atoms with E-state index in [0.29, 0.717) is 28.3 Å². The minimum Gasteiger partial charge on any atom is -0.506 e. The van der Waals surface area contributed by atoms with Crippen LogP contribution >= 0.6 is 0 Å². The smallest absolute Gasteiger partial charge is 0.199 e. The summed E-state index contributed by atoms with van der Waals surface area (Å²) in [4.78, 5) is 13.1. The number of hydrogen-bond donors (Lipinski definition) is 1. The van der Waals surface area contributed by atoms with E-state index in [2.05, 4.69) is 10.2 Å². The zero-order valence-corrected chi connectivity index (χ0v) is 18.2. The summed E-state index contributed by atoms with van der Waals surface area (Å²) < 4.78 is 11.1. The molecular weight excluding hydrogens is 416 g/mol. The molecule has 0 bridgehead atoms. The van der Waals surface area contributed by atoms with Gasteiger partial charge in [0.25, 0.3) is 0 Å². The number of nitrogens with zero attached hydrogens (tertiary/aromatic N) is 2. The Hall–Kier alpha value is -4.19. The first kappa shape index (κ1) is 20.7. The highest BCUT2D eigenvalue weighted by Crippen LogP contribution is 2.47. The Kier molecular flexibility index (Phi) is 5.26. The molecule has 164 valence electrons. The number of fused-ring (bicyclic) bond motifs is 1. The van der Waals surface area contributed by atoms with Crippen molar-refractivity contribution in [1.82, 2.24) is 0 Å². The van der Waals surface area contributed by atoms with E-state index in [1.54, 1.807) is 38.5 Å². The highest BCUT2D eigenvalue weighted by molar-refractivity contribution is 6.22. The van der Waals surface area contributed by atoms with E-state index in [0.717, 1.165) is 11.1 Å². The Morgan fingerprint density at radius 1 is 0.848 bits per heavy atom. The average Bonchev–Trinajstić information content (AvgIpc) is 3.13. The van der Waals surface area contributed by atoms with Crippen LogP contribution in [0.5, 0.6) is 11.5 Å². The van der Waals surface area contributed by atoms with E-state index in [9.17, 15) is 9.90 Å². The SMILES string of the molecule is COc1cccc([C@H]2N=NC(C3=C(O)c4ccccc4C3=O)=C[C@H]2c2ccccc2)c1OC. The molecule has 33 heavy (non-hydrogen) atoms. The topological polar surface area (TPSA) is 80.5 Å². The third-order valence-electron chi connectivity index (χ3n) is 6.05.